The third-order valence-corrected chi connectivity index (χ3v) is 4.31. The SMILES string of the molecule is CN(C)C(=O)CN=C(NCCc1ccc(F)cc1)NCCN1CCOCC1. The van der Waals surface area contributed by atoms with Crippen LogP contribution in [0.3, 0.4) is 0 Å². The van der Waals surface area contributed by atoms with Crippen LogP contribution < -0.4 is 10.6 Å². The van der Waals surface area contributed by atoms with Crippen molar-refractivity contribution in [2.45, 2.75) is 6.42 Å². The predicted octanol–water partition coefficient (Wildman–Crippen LogP) is 0.324. The maximum absolute atomic E-state index is 13.0. The van der Waals surface area contributed by atoms with Crippen molar-refractivity contribution in [3.63, 3.8) is 0 Å². The molecule has 8 heteroatoms. The topological polar surface area (TPSA) is 69.2 Å². The molecule has 0 spiro atoms. The lowest BCUT2D eigenvalue weighted by Gasteiger charge is -2.26. The minimum Gasteiger partial charge on any atom is -0.379 e. The average molecular weight is 379 g/mol. The number of nitrogens with one attached hydrogen (secondary N) is 2. The normalized spacial score (nSPS) is 15.4. The molecule has 0 unspecified atom stereocenters. The molecule has 1 heterocycles. The van der Waals surface area contributed by atoms with Crippen LogP contribution in [-0.2, 0) is 16.0 Å². The van der Waals surface area contributed by atoms with Crippen LogP contribution in [0.2, 0.25) is 0 Å². The number of amides is 1. The Labute approximate surface area is 160 Å². The van der Waals surface area contributed by atoms with Crippen LogP contribution in [0.1, 0.15) is 5.56 Å². The van der Waals surface area contributed by atoms with Crippen LogP contribution in [0.4, 0.5) is 4.39 Å². The lowest BCUT2D eigenvalue weighted by Crippen LogP contribution is -2.45. The van der Waals surface area contributed by atoms with Gasteiger partial charge in [0.1, 0.15) is 12.4 Å². The molecular formula is C19H30FN5O2. The molecule has 150 valence electrons. The van der Waals surface area contributed by atoms with Gasteiger partial charge in [-0.05, 0) is 24.1 Å². The summed E-state index contributed by atoms with van der Waals surface area (Å²) >= 11 is 0. The summed E-state index contributed by atoms with van der Waals surface area (Å²) in [7, 11) is 3.43. The number of guanidine groups is 1. The first-order chi connectivity index (χ1) is 13.0. The van der Waals surface area contributed by atoms with Gasteiger partial charge in [0.05, 0.1) is 13.2 Å². The largest absolute Gasteiger partial charge is 0.379 e. The number of rotatable bonds is 8. The van der Waals surface area contributed by atoms with Crippen molar-refractivity contribution >= 4 is 11.9 Å². The zero-order valence-electron chi connectivity index (χ0n) is 16.2. The Kier molecular flexibility index (Phi) is 9.00. The molecule has 7 nitrogen and oxygen atoms in total. The molecule has 2 rings (SSSR count). The number of hydrogen-bond acceptors (Lipinski definition) is 4. The quantitative estimate of drug-likeness (QED) is 0.503. The Balaban J connectivity index is 1.81. The Bertz CT molecular complexity index is 601. The molecule has 0 radical (unpaired) electrons. The summed E-state index contributed by atoms with van der Waals surface area (Å²) in [5.74, 6) is 0.323. The number of carbonyl (C=O) groups is 1. The molecule has 0 aliphatic carbocycles. The molecule has 1 aromatic carbocycles. The van der Waals surface area contributed by atoms with Gasteiger partial charge in [-0.1, -0.05) is 12.1 Å². The minimum atomic E-state index is -0.235. The van der Waals surface area contributed by atoms with E-state index in [4.69, 9.17) is 4.74 Å². The third-order valence-electron chi connectivity index (χ3n) is 4.31. The Morgan fingerprint density at radius 1 is 1.19 bits per heavy atom. The molecule has 1 aliphatic heterocycles. The fourth-order valence-corrected chi connectivity index (χ4v) is 2.60. The fourth-order valence-electron chi connectivity index (χ4n) is 2.60. The first-order valence-corrected chi connectivity index (χ1v) is 9.31. The number of halogens is 1. The molecule has 1 saturated heterocycles. The van der Waals surface area contributed by atoms with E-state index in [1.165, 1.54) is 17.0 Å². The monoisotopic (exact) mass is 379 g/mol. The van der Waals surface area contributed by atoms with Crippen LogP contribution in [-0.4, -0.2) is 88.2 Å². The molecule has 2 N–H and O–H groups in total. The van der Waals surface area contributed by atoms with E-state index in [1.807, 2.05) is 0 Å². The van der Waals surface area contributed by atoms with Gasteiger partial charge in [-0.3, -0.25) is 9.69 Å². The minimum absolute atomic E-state index is 0.0530. The molecule has 0 atom stereocenters. The van der Waals surface area contributed by atoms with Gasteiger partial charge in [0, 0.05) is 46.8 Å². The van der Waals surface area contributed by atoms with Crippen LogP contribution >= 0.6 is 0 Å². The number of hydrogen-bond donors (Lipinski definition) is 2. The number of likely N-dealkylation sites (N-methyl/N-ethyl adjacent to an activating group) is 1. The standard InChI is InChI=1S/C19H30FN5O2/c1-24(2)18(26)15-23-19(22-9-10-25-11-13-27-14-12-25)21-8-7-16-3-5-17(20)6-4-16/h3-6H,7-15H2,1-2H3,(H2,21,22,23). The van der Waals surface area contributed by atoms with Crippen molar-refractivity contribution in [1.82, 2.24) is 20.4 Å². The smallest absolute Gasteiger partial charge is 0.243 e. The van der Waals surface area contributed by atoms with E-state index in [0.717, 1.165) is 51.4 Å². The van der Waals surface area contributed by atoms with E-state index < -0.39 is 0 Å². The maximum Gasteiger partial charge on any atom is 0.243 e. The second-order valence-corrected chi connectivity index (χ2v) is 6.64. The highest BCUT2D eigenvalue weighted by atomic mass is 19.1. The summed E-state index contributed by atoms with van der Waals surface area (Å²) in [6, 6.07) is 6.46. The van der Waals surface area contributed by atoms with Crippen molar-refractivity contribution in [3.8, 4) is 0 Å². The molecule has 0 aromatic heterocycles. The number of nitrogens with zero attached hydrogens (tertiary/aromatic N) is 3. The molecule has 1 amide bonds. The van der Waals surface area contributed by atoms with E-state index in [0.29, 0.717) is 12.5 Å². The molecule has 27 heavy (non-hydrogen) atoms. The van der Waals surface area contributed by atoms with E-state index >= 15 is 0 Å². The van der Waals surface area contributed by atoms with E-state index in [1.54, 1.807) is 26.2 Å². The van der Waals surface area contributed by atoms with Crippen LogP contribution in [0.5, 0.6) is 0 Å². The van der Waals surface area contributed by atoms with Gasteiger partial charge in [-0.25, -0.2) is 9.38 Å². The summed E-state index contributed by atoms with van der Waals surface area (Å²) in [5, 5.41) is 6.53. The Morgan fingerprint density at radius 2 is 1.85 bits per heavy atom. The molecule has 0 saturated carbocycles. The van der Waals surface area contributed by atoms with Crippen molar-refractivity contribution in [2.24, 2.45) is 4.99 Å². The first kappa shape index (κ1) is 21.1. The summed E-state index contributed by atoms with van der Waals surface area (Å²) in [5.41, 5.74) is 1.04. The van der Waals surface area contributed by atoms with E-state index in [2.05, 4.69) is 20.5 Å². The van der Waals surface area contributed by atoms with Gasteiger partial charge < -0.3 is 20.3 Å². The fraction of sp³-hybridized carbons (Fsp3) is 0.579. The second kappa shape index (κ2) is 11.5. The number of ether oxygens (including phenoxy) is 1. The van der Waals surface area contributed by atoms with Gasteiger partial charge in [0.2, 0.25) is 5.91 Å². The van der Waals surface area contributed by atoms with Crippen molar-refractivity contribution < 1.29 is 13.9 Å². The molecule has 0 bridgehead atoms. The molecule has 1 aromatic rings. The number of morpholine rings is 1. The van der Waals surface area contributed by atoms with Gasteiger partial charge >= 0.3 is 0 Å². The maximum atomic E-state index is 13.0. The lowest BCUT2D eigenvalue weighted by atomic mass is 10.1. The zero-order valence-corrected chi connectivity index (χ0v) is 16.2. The summed E-state index contributed by atoms with van der Waals surface area (Å²) in [4.78, 5) is 20.0. The molecule has 1 fully saturated rings. The van der Waals surface area contributed by atoms with Crippen LogP contribution in [0.15, 0.2) is 29.3 Å². The third kappa shape index (κ3) is 8.36. The lowest BCUT2D eigenvalue weighted by molar-refractivity contribution is -0.127. The summed E-state index contributed by atoms with van der Waals surface area (Å²) in [6.07, 6.45) is 0.742. The predicted molar refractivity (Wildman–Crippen MR) is 104 cm³/mol. The van der Waals surface area contributed by atoms with E-state index in [-0.39, 0.29) is 18.3 Å². The second-order valence-electron chi connectivity index (χ2n) is 6.64. The molecule has 1 aliphatic rings. The highest BCUT2D eigenvalue weighted by molar-refractivity contribution is 5.84. The Hall–Kier alpha value is -2.19. The highest BCUT2D eigenvalue weighted by Gasteiger charge is 2.10. The number of aliphatic imine (C=N–C) groups is 1. The van der Waals surface area contributed by atoms with Gasteiger partial charge in [0.25, 0.3) is 0 Å². The van der Waals surface area contributed by atoms with E-state index in [9.17, 15) is 9.18 Å². The van der Waals surface area contributed by atoms with Crippen LogP contribution in [0, 0.1) is 5.82 Å². The number of benzene rings is 1. The van der Waals surface area contributed by atoms with Gasteiger partial charge in [0.15, 0.2) is 5.96 Å². The van der Waals surface area contributed by atoms with Crippen molar-refractivity contribution in [2.75, 3.05) is 66.6 Å². The Morgan fingerprint density at radius 3 is 2.52 bits per heavy atom. The highest BCUT2D eigenvalue weighted by Crippen LogP contribution is 2.02. The molecular weight excluding hydrogens is 349 g/mol. The average Bonchev–Trinajstić information content (AvgIpc) is 2.67. The summed E-state index contributed by atoms with van der Waals surface area (Å²) in [6.45, 7) is 5.78. The first-order valence-electron chi connectivity index (χ1n) is 9.31. The van der Waals surface area contributed by atoms with Gasteiger partial charge in [-0.15, -0.1) is 0 Å². The zero-order chi connectivity index (χ0) is 19.5. The van der Waals surface area contributed by atoms with Crippen LogP contribution in [0.25, 0.3) is 0 Å². The summed E-state index contributed by atoms with van der Waals surface area (Å²) < 4.78 is 18.3. The number of carbonyl (C=O) groups excluding carboxylic acids is 1. The van der Waals surface area contributed by atoms with Crippen molar-refractivity contribution in [3.05, 3.63) is 35.6 Å². The van der Waals surface area contributed by atoms with Gasteiger partial charge in [-0.2, -0.15) is 0 Å². The van der Waals surface area contributed by atoms with Crippen molar-refractivity contribution in [1.29, 1.82) is 0 Å².